The number of carbonyl (C=O) groups is 2. The summed E-state index contributed by atoms with van der Waals surface area (Å²) in [6, 6.07) is 8.30. The highest BCUT2D eigenvalue weighted by Gasteiger charge is 2.32. The zero-order chi connectivity index (χ0) is 21.5. The van der Waals surface area contributed by atoms with Crippen molar-refractivity contribution in [3.8, 4) is 0 Å². The SMILES string of the molecule is CCC(CC)[C@@H](c1ccccc1C)[C@H](C)OC(=O)[C@H](C)CC(=O)OC(C)(C)C. The standard InChI is InChI=1S/C24H38O4/c1-9-19(10-2)22(20-14-12-11-13-16(20)3)18(5)27-23(26)17(4)15-21(25)28-24(6,7)8/h11-14,17-19,22H,9-10,15H2,1-8H3/t17-,18+,22+/m1/s1. The molecule has 1 aromatic carbocycles. The summed E-state index contributed by atoms with van der Waals surface area (Å²) in [5.41, 5.74) is 1.89. The third-order valence-corrected chi connectivity index (χ3v) is 5.21. The Morgan fingerprint density at radius 1 is 1.04 bits per heavy atom. The number of esters is 2. The summed E-state index contributed by atoms with van der Waals surface area (Å²) < 4.78 is 11.2. The first-order valence-corrected chi connectivity index (χ1v) is 10.5. The van der Waals surface area contributed by atoms with Crippen molar-refractivity contribution >= 4 is 11.9 Å². The summed E-state index contributed by atoms with van der Waals surface area (Å²) in [7, 11) is 0. The van der Waals surface area contributed by atoms with E-state index in [1.54, 1.807) is 6.92 Å². The molecule has 0 amide bonds. The van der Waals surface area contributed by atoms with Gasteiger partial charge in [-0.3, -0.25) is 9.59 Å². The molecule has 0 bridgehead atoms. The van der Waals surface area contributed by atoms with Crippen LogP contribution in [0.2, 0.25) is 0 Å². The van der Waals surface area contributed by atoms with Crippen molar-refractivity contribution < 1.29 is 19.1 Å². The van der Waals surface area contributed by atoms with Gasteiger partial charge in [-0.2, -0.15) is 0 Å². The molecule has 1 aromatic rings. The summed E-state index contributed by atoms with van der Waals surface area (Å²) in [5, 5.41) is 0. The molecule has 3 atom stereocenters. The van der Waals surface area contributed by atoms with Crippen LogP contribution in [0.25, 0.3) is 0 Å². The van der Waals surface area contributed by atoms with E-state index in [0.29, 0.717) is 5.92 Å². The van der Waals surface area contributed by atoms with Crippen LogP contribution in [0.15, 0.2) is 24.3 Å². The molecule has 0 aliphatic heterocycles. The molecule has 28 heavy (non-hydrogen) atoms. The smallest absolute Gasteiger partial charge is 0.309 e. The fourth-order valence-electron chi connectivity index (χ4n) is 3.74. The lowest BCUT2D eigenvalue weighted by Crippen LogP contribution is -2.32. The zero-order valence-electron chi connectivity index (χ0n) is 18.9. The van der Waals surface area contributed by atoms with Gasteiger partial charge in [0.15, 0.2) is 0 Å². The molecule has 0 aromatic heterocycles. The highest BCUT2D eigenvalue weighted by molar-refractivity contribution is 5.80. The second-order valence-electron chi connectivity index (χ2n) is 8.79. The van der Waals surface area contributed by atoms with E-state index < -0.39 is 11.5 Å². The minimum absolute atomic E-state index is 0.0306. The Balaban J connectivity index is 2.89. The van der Waals surface area contributed by atoms with Crippen molar-refractivity contribution in [2.75, 3.05) is 0 Å². The van der Waals surface area contributed by atoms with Crippen molar-refractivity contribution in [3.63, 3.8) is 0 Å². The third kappa shape index (κ3) is 7.29. The fourth-order valence-corrected chi connectivity index (χ4v) is 3.74. The van der Waals surface area contributed by atoms with E-state index in [1.807, 2.05) is 39.8 Å². The average molecular weight is 391 g/mol. The number of carbonyl (C=O) groups excluding carboxylic acids is 2. The largest absolute Gasteiger partial charge is 0.462 e. The third-order valence-electron chi connectivity index (χ3n) is 5.21. The Labute approximate surface area is 171 Å². The molecule has 0 saturated heterocycles. The average Bonchev–Trinajstić information content (AvgIpc) is 2.58. The van der Waals surface area contributed by atoms with Crippen LogP contribution in [0.4, 0.5) is 0 Å². The number of ether oxygens (including phenoxy) is 2. The molecule has 0 spiro atoms. The molecule has 0 aliphatic carbocycles. The van der Waals surface area contributed by atoms with Crippen LogP contribution in [-0.4, -0.2) is 23.6 Å². The molecule has 0 unspecified atom stereocenters. The minimum Gasteiger partial charge on any atom is -0.462 e. The predicted molar refractivity (Wildman–Crippen MR) is 113 cm³/mol. The van der Waals surface area contributed by atoms with Crippen molar-refractivity contribution in [1.29, 1.82) is 0 Å². The predicted octanol–water partition coefficient (Wildman–Crippen LogP) is 5.81. The molecular weight excluding hydrogens is 352 g/mol. The van der Waals surface area contributed by atoms with Crippen molar-refractivity contribution in [2.24, 2.45) is 11.8 Å². The lowest BCUT2D eigenvalue weighted by atomic mass is 9.78. The van der Waals surface area contributed by atoms with Crippen molar-refractivity contribution in [3.05, 3.63) is 35.4 Å². The van der Waals surface area contributed by atoms with Gasteiger partial charge in [-0.1, -0.05) is 57.9 Å². The minimum atomic E-state index is -0.556. The summed E-state index contributed by atoms with van der Waals surface area (Å²) in [4.78, 5) is 24.7. The van der Waals surface area contributed by atoms with Gasteiger partial charge in [-0.15, -0.1) is 0 Å². The maximum atomic E-state index is 12.6. The Morgan fingerprint density at radius 3 is 2.11 bits per heavy atom. The molecule has 0 fully saturated rings. The van der Waals surface area contributed by atoms with Crippen molar-refractivity contribution in [2.45, 2.75) is 92.3 Å². The summed E-state index contributed by atoms with van der Waals surface area (Å²) in [6.07, 6.45) is 1.80. The summed E-state index contributed by atoms with van der Waals surface area (Å²) >= 11 is 0. The summed E-state index contributed by atoms with van der Waals surface area (Å²) in [6.45, 7) is 15.6. The Hall–Kier alpha value is -1.84. The van der Waals surface area contributed by atoms with Gasteiger partial charge >= 0.3 is 11.9 Å². The second-order valence-corrected chi connectivity index (χ2v) is 8.79. The van der Waals surface area contributed by atoms with Gasteiger partial charge in [0.25, 0.3) is 0 Å². The molecule has 0 radical (unpaired) electrons. The van der Waals surface area contributed by atoms with Gasteiger partial charge in [-0.05, 0) is 51.7 Å². The number of hydrogen-bond acceptors (Lipinski definition) is 4. The van der Waals surface area contributed by atoms with Crippen LogP contribution in [0.1, 0.15) is 84.8 Å². The van der Waals surface area contributed by atoms with Gasteiger partial charge in [0.1, 0.15) is 11.7 Å². The lowest BCUT2D eigenvalue weighted by Gasteiger charge is -2.32. The van der Waals surface area contributed by atoms with E-state index in [-0.39, 0.29) is 30.4 Å². The topological polar surface area (TPSA) is 52.6 Å². The van der Waals surface area contributed by atoms with Gasteiger partial charge in [0.05, 0.1) is 12.3 Å². The highest BCUT2D eigenvalue weighted by Crippen LogP contribution is 2.36. The van der Waals surface area contributed by atoms with Crippen LogP contribution in [0.5, 0.6) is 0 Å². The van der Waals surface area contributed by atoms with Crippen LogP contribution >= 0.6 is 0 Å². The van der Waals surface area contributed by atoms with E-state index in [1.165, 1.54) is 11.1 Å². The molecule has 4 heteroatoms. The highest BCUT2D eigenvalue weighted by atomic mass is 16.6. The van der Waals surface area contributed by atoms with E-state index >= 15 is 0 Å². The Bertz CT molecular complexity index is 640. The number of rotatable bonds is 9. The Morgan fingerprint density at radius 2 is 1.61 bits per heavy atom. The van der Waals surface area contributed by atoms with E-state index in [9.17, 15) is 9.59 Å². The van der Waals surface area contributed by atoms with E-state index in [0.717, 1.165) is 12.8 Å². The number of benzene rings is 1. The van der Waals surface area contributed by atoms with Crippen LogP contribution < -0.4 is 0 Å². The summed E-state index contributed by atoms with van der Waals surface area (Å²) in [5.74, 6) is -0.696. The number of hydrogen-bond donors (Lipinski definition) is 0. The molecule has 4 nitrogen and oxygen atoms in total. The first-order chi connectivity index (χ1) is 13.0. The van der Waals surface area contributed by atoms with Gasteiger partial charge in [-0.25, -0.2) is 0 Å². The van der Waals surface area contributed by atoms with Crippen LogP contribution in [0.3, 0.4) is 0 Å². The zero-order valence-corrected chi connectivity index (χ0v) is 18.9. The normalized spacial score (nSPS) is 15.0. The molecule has 0 saturated carbocycles. The number of aryl methyl sites for hydroxylation is 1. The van der Waals surface area contributed by atoms with Gasteiger partial charge < -0.3 is 9.47 Å². The quantitative estimate of drug-likeness (QED) is 0.499. The van der Waals surface area contributed by atoms with Gasteiger partial charge in [0.2, 0.25) is 0 Å². The molecular formula is C24H38O4. The Kier molecular flexibility index (Phi) is 9.19. The van der Waals surface area contributed by atoms with Crippen molar-refractivity contribution in [1.82, 2.24) is 0 Å². The second kappa shape index (κ2) is 10.6. The first kappa shape index (κ1) is 24.2. The molecule has 0 aliphatic rings. The van der Waals surface area contributed by atoms with Crippen LogP contribution in [0, 0.1) is 18.8 Å². The molecule has 0 heterocycles. The molecule has 1 rings (SSSR count). The van der Waals surface area contributed by atoms with E-state index in [2.05, 4.69) is 32.9 Å². The maximum Gasteiger partial charge on any atom is 0.309 e. The molecule has 0 N–H and O–H groups in total. The van der Waals surface area contributed by atoms with Gasteiger partial charge in [0, 0.05) is 5.92 Å². The monoisotopic (exact) mass is 390 g/mol. The lowest BCUT2D eigenvalue weighted by molar-refractivity contribution is -0.163. The first-order valence-electron chi connectivity index (χ1n) is 10.5. The molecule has 158 valence electrons. The maximum absolute atomic E-state index is 12.6. The van der Waals surface area contributed by atoms with Crippen LogP contribution in [-0.2, 0) is 19.1 Å². The van der Waals surface area contributed by atoms with E-state index in [4.69, 9.17) is 9.47 Å². The fraction of sp³-hybridized carbons (Fsp3) is 0.667.